The van der Waals surface area contributed by atoms with Crippen molar-refractivity contribution in [2.45, 2.75) is 19.9 Å². The molecule has 1 heteroatoms. The number of pyridine rings is 1. The van der Waals surface area contributed by atoms with Crippen LogP contribution in [0.1, 0.15) is 18.9 Å². The van der Waals surface area contributed by atoms with Gasteiger partial charge in [0.15, 0.2) is 6.20 Å². The van der Waals surface area contributed by atoms with Crippen LogP contribution < -0.4 is 4.57 Å². The molecule has 1 aliphatic carbocycles. The van der Waals surface area contributed by atoms with Crippen molar-refractivity contribution in [2.24, 2.45) is 0 Å². The average molecular weight is 285 g/mol. The van der Waals surface area contributed by atoms with E-state index < -0.39 is 0 Å². The minimum atomic E-state index is 0.986. The van der Waals surface area contributed by atoms with Gasteiger partial charge in [-0.15, -0.1) is 0 Å². The number of hydrogen-bond donors (Lipinski definition) is 0. The van der Waals surface area contributed by atoms with E-state index in [9.17, 15) is 0 Å². The first-order valence-corrected chi connectivity index (χ1v) is 7.92. The lowest BCUT2D eigenvalue weighted by molar-refractivity contribution is -0.668. The lowest BCUT2D eigenvalue weighted by Gasteiger charge is -2.21. The molecule has 0 aliphatic heterocycles. The van der Waals surface area contributed by atoms with E-state index in [1.54, 1.807) is 0 Å². The van der Waals surface area contributed by atoms with E-state index in [0.717, 1.165) is 13.0 Å². The standard InChI is InChI=1S/C21H19N/c1-2-22-15-7-12-18-13-14-19(16-8-4-3-5-9-16)20(21(18)22)17-10-6-11-17/h3-10,12-15H,2,11H2,1H3/q+1. The molecule has 0 saturated carbocycles. The van der Waals surface area contributed by atoms with Crippen LogP contribution in [-0.4, -0.2) is 0 Å². The van der Waals surface area contributed by atoms with Gasteiger partial charge in [-0.2, -0.15) is 4.57 Å². The molecule has 1 aliphatic rings. The smallest absolute Gasteiger partial charge is 0.198 e. The predicted molar refractivity (Wildman–Crippen MR) is 91.4 cm³/mol. The van der Waals surface area contributed by atoms with E-state index in [-0.39, 0.29) is 0 Å². The molecule has 1 heterocycles. The Labute approximate surface area is 131 Å². The Kier molecular flexibility index (Phi) is 3.27. The first-order valence-electron chi connectivity index (χ1n) is 7.92. The molecular formula is C21H19N+. The maximum absolute atomic E-state index is 2.36. The maximum atomic E-state index is 2.36. The summed E-state index contributed by atoms with van der Waals surface area (Å²) in [6.45, 7) is 3.19. The van der Waals surface area contributed by atoms with E-state index in [2.05, 4.69) is 84.4 Å². The van der Waals surface area contributed by atoms with Crippen LogP contribution in [0.3, 0.4) is 0 Å². The van der Waals surface area contributed by atoms with Gasteiger partial charge in [0.2, 0.25) is 5.52 Å². The highest BCUT2D eigenvalue weighted by Crippen LogP contribution is 2.39. The van der Waals surface area contributed by atoms with Crippen LogP contribution in [0.15, 0.2) is 72.9 Å². The molecule has 1 nitrogen and oxygen atoms in total. The van der Waals surface area contributed by atoms with Crippen LogP contribution in [0.5, 0.6) is 0 Å². The van der Waals surface area contributed by atoms with Gasteiger partial charge in [0.1, 0.15) is 6.54 Å². The molecule has 0 spiro atoms. The summed E-state index contributed by atoms with van der Waals surface area (Å²) in [5.41, 5.74) is 5.37. The fraction of sp³-hybridized carbons (Fsp3) is 0.143. The largest absolute Gasteiger partial charge is 0.217 e. The number of fused-ring (bicyclic) bond motifs is 1. The van der Waals surface area contributed by atoms with Gasteiger partial charge in [-0.3, -0.25) is 0 Å². The third-order valence-electron chi connectivity index (χ3n) is 4.44. The van der Waals surface area contributed by atoms with Crippen LogP contribution >= 0.6 is 0 Å². The first kappa shape index (κ1) is 13.3. The van der Waals surface area contributed by atoms with Gasteiger partial charge in [0.05, 0.1) is 0 Å². The van der Waals surface area contributed by atoms with Crippen LogP contribution in [-0.2, 0) is 6.54 Å². The SMILES string of the molecule is CC[n+]1cccc2ccc(-c3ccccc3)c([C]3C=CC3)c21. The van der Waals surface area contributed by atoms with Gasteiger partial charge < -0.3 is 0 Å². The summed E-state index contributed by atoms with van der Waals surface area (Å²) in [4.78, 5) is 0. The highest BCUT2D eigenvalue weighted by molar-refractivity contribution is 5.90. The summed E-state index contributed by atoms with van der Waals surface area (Å²) in [5.74, 6) is 1.44. The number of rotatable bonds is 3. The minimum absolute atomic E-state index is 0.986. The predicted octanol–water partition coefficient (Wildman–Crippen LogP) is 4.70. The number of aryl methyl sites for hydroxylation is 1. The lowest BCUT2D eigenvalue weighted by atomic mass is 9.81. The second kappa shape index (κ2) is 5.42. The van der Waals surface area contributed by atoms with Gasteiger partial charge in [0, 0.05) is 22.9 Å². The van der Waals surface area contributed by atoms with Gasteiger partial charge in [-0.05, 0) is 36.6 Å². The van der Waals surface area contributed by atoms with Crippen molar-refractivity contribution in [3.05, 3.63) is 84.4 Å². The molecule has 0 fully saturated rings. The van der Waals surface area contributed by atoms with E-state index in [1.807, 2.05) is 0 Å². The number of aromatic nitrogens is 1. The molecule has 22 heavy (non-hydrogen) atoms. The molecule has 1 aromatic heterocycles. The van der Waals surface area contributed by atoms with E-state index in [4.69, 9.17) is 0 Å². The highest BCUT2D eigenvalue weighted by Gasteiger charge is 2.26. The number of allylic oxidation sites excluding steroid dienone is 2. The molecule has 3 aromatic rings. The molecule has 0 saturated heterocycles. The van der Waals surface area contributed by atoms with Gasteiger partial charge in [-0.25, -0.2) is 0 Å². The monoisotopic (exact) mass is 285 g/mol. The number of hydrogen-bond acceptors (Lipinski definition) is 0. The summed E-state index contributed by atoms with van der Waals surface area (Å²) < 4.78 is 2.36. The fourth-order valence-corrected chi connectivity index (χ4v) is 3.24. The quantitative estimate of drug-likeness (QED) is 0.614. The van der Waals surface area contributed by atoms with E-state index in [1.165, 1.54) is 33.5 Å². The average Bonchev–Trinajstić information content (AvgIpc) is 2.53. The van der Waals surface area contributed by atoms with Crippen LogP contribution in [0, 0.1) is 5.92 Å². The van der Waals surface area contributed by atoms with Crippen LogP contribution in [0.2, 0.25) is 0 Å². The van der Waals surface area contributed by atoms with Gasteiger partial charge in [0.25, 0.3) is 0 Å². The van der Waals surface area contributed by atoms with Crippen LogP contribution in [0.4, 0.5) is 0 Å². The third kappa shape index (κ3) is 2.05. The molecule has 0 atom stereocenters. The summed E-state index contributed by atoms with van der Waals surface area (Å²) >= 11 is 0. The Hall–Kier alpha value is -2.41. The topological polar surface area (TPSA) is 3.88 Å². The van der Waals surface area contributed by atoms with Crippen molar-refractivity contribution in [1.82, 2.24) is 0 Å². The summed E-state index contributed by atoms with van der Waals surface area (Å²) in [6, 6.07) is 19.6. The molecule has 4 rings (SSSR count). The first-order chi connectivity index (χ1) is 10.9. The minimum Gasteiger partial charge on any atom is -0.198 e. The zero-order valence-corrected chi connectivity index (χ0v) is 12.8. The second-order valence-corrected chi connectivity index (χ2v) is 5.72. The molecule has 0 unspecified atom stereocenters. The van der Waals surface area contributed by atoms with E-state index in [0.29, 0.717) is 0 Å². The molecule has 0 bridgehead atoms. The Morgan fingerprint density at radius 3 is 2.45 bits per heavy atom. The van der Waals surface area contributed by atoms with Crippen LogP contribution in [0.25, 0.3) is 22.0 Å². The van der Waals surface area contributed by atoms with E-state index >= 15 is 0 Å². The molecular weight excluding hydrogens is 266 g/mol. The zero-order valence-electron chi connectivity index (χ0n) is 12.8. The summed E-state index contributed by atoms with van der Waals surface area (Å²) in [6.07, 6.45) is 7.75. The molecule has 0 amide bonds. The Balaban J connectivity index is 2.07. The maximum Gasteiger partial charge on any atom is 0.217 e. The Morgan fingerprint density at radius 1 is 0.955 bits per heavy atom. The van der Waals surface area contributed by atoms with Crippen molar-refractivity contribution in [1.29, 1.82) is 0 Å². The Morgan fingerprint density at radius 2 is 1.77 bits per heavy atom. The van der Waals surface area contributed by atoms with Crippen molar-refractivity contribution >= 4 is 10.9 Å². The van der Waals surface area contributed by atoms with Crippen molar-refractivity contribution in [2.75, 3.05) is 0 Å². The van der Waals surface area contributed by atoms with Crippen molar-refractivity contribution < 1.29 is 4.57 Å². The van der Waals surface area contributed by atoms with Crippen molar-refractivity contribution in [3.63, 3.8) is 0 Å². The molecule has 0 N–H and O–H groups in total. The van der Waals surface area contributed by atoms with Crippen molar-refractivity contribution in [3.8, 4) is 11.1 Å². The normalized spacial score (nSPS) is 14.2. The summed E-state index contributed by atoms with van der Waals surface area (Å²) in [5, 5.41) is 1.31. The number of benzene rings is 2. The summed E-state index contributed by atoms with van der Waals surface area (Å²) in [7, 11) is 0. The molecule has 107 valence electrons. The third-order valence-corrected chi connectivity index (χ3v) is 4.44. The second-order valence-electron chi connectivity index (χ2n) is 5.72. The molecule has 2 aromatic carbocycles. The zero-order chi connectivity index (χ0) is 14.9. The Bertz CT molecular complexity index is 846. The highest BCUT2D eigenvalue weighted by atomic mass is 14.9. The van der Waals surface area contributed by atoms with Gasteiger partial charge in [-0.1, -0.05) is 48.6 Å². The molecule has 1 radical (unpaired) electrons. The number of nitrogens with zero attached hydrogens (tertiary/aromatic N) is 1. The van der Waals surface area contributed by atoms with Gasteiger partial charge >= 0.3 is 0 Å². The fourth-order valence-electron chi connectivity index (χ4n) is 3.24. The lowest BCUT2D eigenvalue weighted by Crippen LogP contribution is -2.34.